The number of likely N-dealkylation sites (N-methyl/N-ethyl adjacent to an activating group) is 1. The molecule has 0 saturated carbocycles. The minimum atomic E-state index is 0.228. The highest BCUT2D eigenvalue weighted by Gasteiger charge is 2.04. The van der Waals surface area contributed by atoms with Gasteiger partial charge in [0.15, 0.2) is 0 Å². The van der Waals surface area contributed by atoms with Crippen molar-refractivity contribution in [2.45, 2.75) is 20.8 Å². The summed E-state index contributed by atoms with van der Waals surface area (Å²) in [6.45, 7) is 10.6. The Morgan fingerprint density at radius 1 is 1.28 bits per heavy atom. The topological polar surface area (TPSA) is 76.3 Å². The normalized spacial score (nSPS) is 10.7. The van der Waals surface area contributed by atoms with Crippen LogP contribution in [0.15, 0.2) is 6.07 Å². The average molecular weight is 253 g/mol. The predicted octanol–water partition coefficient (Wildman–Crippen LogP) is 1.21. The van der Waals surface area contributed by atoms with E-state index < -0.39 is 0 Å². The van der Waals surface area contributed by atoms with Crippen molar-refractivity contribution in [2.24, 2.45) is 0 Å². The number of nitrogens with zero attached hydrogens (tertiary/aromatic N) is 3. The third-order valence-corrected chi connectivity index (χ3v) is 2.63. The van der Waals surface area contributed by atoms with Gasteiger partial charge in [-0.05, 0) is 20.0 Å². The Morgan fingerprint density at radius 2 is 2.00 bits per heavy atom. The predicted molar refractivity (Wildman–Crippen MR) is 73.9 cm³/mol. The number of nitrogen functional groups attached to an aromatic ring is 1. The SMILES string of the molecule is CCNc1cc(OCCN(CC)CC)nc(N)n1. The lowest BCUT2D eigenvalue weighted by Gasteiger charge is -2.17. The highest BCUT2D eigenvalue weighted by molar-refractivity contribution is 5.42. The van der Waals surface area contributed by atoms with E-state index in [1.165, 1.54) is 0 Å². The molecule has 0 aliphatic carbocycles. The minimum Gasteiger partial charge on any atom is -0.476 e. The molecule has 0 radical (unpaired) electrons. The van der Waals surface area contributed by atoms with Gasteiger partial charge in [0.05, 0.1) is 0 Å². The van der Waals surface area contributed by atoms with Gasteiger partial charge < -0.3 is 20.7 Å². The summed E-state index contributed by atoms with van der Waals surface area (Å²) in [6.07, 6.45) is 0. The molecule has 0 fully saturated rings. The summed E-state index contributed by atoms with van der Waals surface area (Å²) in [7, 11) is 0. The first kappa shape index (κ1) is 14.5. The Balaban J connectivity index is 2.51. The fourth-order valence-corrected chi connectivity index (χ4v) is 1.61. The maximum absolute atomic E-state index is 5.62. The maximum atomic E-state index is 5.62. The van der Waals surface area contributed by atoms with Crippen molar-refractivity contribution >= 4 is 11.8 Å². The van der Waals surface area contributed by atoms with Crippen LogP contribution in [0.1, 0.15) is 20.8 Å². The first-order chi connectivity index (χ1) is 8.69. The highest BCUT2D eigenvalue weighted by atomic mass is 16.5. The van der Waals surface area contributed by atoms with Crippen molar-refractivity contribution in [3.8, 4) is 5.88 Å². The summed E-state index contributed by atoms with van der Waals surface area (Å²) >= 11 is 0. The molecular formula is C12H23N5O. The van der Waals surface area contributed by atoms with Gasteiger partial charge in [-0.1, -0.05) is 13.8 Å². The van der Waals surface area contributed by atoms with Crippen LogP contribution in [0.3, 0.4) is 0 Å². The van der Waals surface area contributed by atoms with Crippen LogP contribution in [0.5, 0.6) is 5.88 Å². The van der Waals surface area contributed by atoms with E-state index in [9.17, 15) is 0 Å². The van der Waals surface area contributed by atoms with Crippen LogP contribution < -0.4 is 15.8 Å². The van der Waals surface area contributed by atoms with E-state index in [1.807, 2.05) is 6.92 Å². The van der Waals surface area contributed by atoms with Gasteiger partial charge in [-0.3, -0.25) is 0 Å². The van der Waals surface area contributed by atoms with Crippen molar-refractivity contribution in [3.63, 3.8) is 0 Å². The van der Waals surface area contributed by atoms with Gasteiger partial charge in [-0.2, -0.15) is 9.97 Å². The number of nitrogens with one attached hydrogen (secondary N) is 1. The zero-order chi connectivity index (χ0) is 13.4. The lowest BCUT2D eigenvalue weighted by Crippen LogP contribution is -2.28. The van der Waals surface area contributed by atoms with Gasteiger partial charge in [0.2, 0.25) is 11.8 Å². The zero-order valence-electron chi connectivity index (χ0n) is 11.4. The van der Waals surface area contributed by atoms with Crippen LogP contribution in [0, 0.1) is 0 Å². The Hall–Kier alpha value is -1.56. The number of nitrogens with two attached hydrogens (primary N) is 1. The quantitative estimate of drug-likeness (QED) is 0.725. The summed E-state index contributed by atoms with van der Waals surface area (Å²) in [5, 5.41) is 3.09. The van der Waals surface area contributed by atoms with E-state index in [-0.39, 0.29) is 5.95 Å². The lowest BCUT2D eigenvalue weighted by atomic mass is 10.5. The van der Waals surface area contributed by atoms with Crippen LogP contribution in [-0.4, -0.2) is 47.7 Å². The van der Waals surface area contributed by atoms with Crippen molar-refractivity contribution in [1.82, 2.24) is 14.9 Å². The molecule has 0 bridgehead atoms. The first-order valence-corrected chi connectivity index (χ1v) is 6.43. The van der Waals surface area contributed by atoms with Crippen LogP contribution in [0.25, 0.3) is 0 Å². The molecule has 0 spiro atoms. The molecule has 0 aliphatic rings. The van der Waals surface area contributed by atoms with E-state index in [0.29, 0.717) is 18.3 Å². The summed E-state index contributed by atoms with van der Waals surface area (Å²) in [5.74, 6) is 1.44. The molecular weight excluding hydrogens is 230 g/mol. The molecule has 0 amide bonds. The second-order valence-electron chi connectivity index (χ2n) is 3.86. The van der Waals surface area contributed by atoms with Crippen molar-refractivity contribution < 1.29 is 4.74 Å². The van der Waals surface area contributed by atoms with Crippen LogP contribution in [0.2, 0.25) is 0 Å². The fourth-order valence-electron chi connectivity index (χ4n) is 1.61. The third-order valence-electron chi connectivity index (χ3n) is 2.63. The molecule has 18 heavy (non-hydrogen) atoms. The molecule has 0 atom stereocenters. The fraction of sp³-hybridized carbons (Fsp3) is 0.667. The van der Waals surface area contributed by atoms with E-state index in [1.54, 1.807) is 6.07 Å². The molecule has 0 aliphatic heterocycles. The zero-order valence-corrected chi connectivity index (χ0v) is 11.4. The van der Waals surface area contributed by atoms with Crippen LogP contribution >= 0.6 is 0 Å². The molecule has 102 valence electrons. The van der Waals surface area contributed by atoms with Gasteiger partial charge in [0.25, 0.3) is 0 Å². The van der Waals surface area contributed by atoms with Gasteiger partial charge in [0, 0.05) is 19.2 Å². The number of anilines is 2. The highest BCUT2D eigenvalue weighted by Crippen LogP contribution is 2.14. The number of ether oxygens (including phenoxy) is 1. The summed E-state index contributed by atoms with van der Waals surface area (Å²) in [6, 6.07) is 1.77. The summed E-state index contributed by atoms with van der Waals surface area (Å²) in [5.41, 5.74) is 5.62. The molecule has 1 heterocycles. The maximum Gasteiger partial charge on any atom is 0.225 e. The average Bonchev–Trinajstić information content (AvgIpc) is 2.34. The standard InChI is InChI=1S/C12H23N5O/c1-4-14-10-9-11(16-12(13)15-10)18-8-7-17(5-2)6-3/h9H,4-8H2,1-3H3,(H3,13,14,15,16). The largest absolute Gasteiger partial charge is 0.476 e. The van der Waals surface area contributed by atoms with Crippen molar-refractivity contribution in [3.05, 3.63) is 6.07 Å². The molecule has 0 aromatic carbocycles. The molecule has 6 nitrogen and oxygen atoms in total. The Kier molecular flexibility index (Phi) is 6.21. The van der Waals surface area contributed by atoms with Crippen LogP contribution in [0.4, 0.5) is 11.8 Å². The third kappa shape index (κ3) is 4.75. The monoisotopic (exact) mass is 253 g/mol. The van der Waals surface area contributed by atoms with Gasteiger partial charge in [-0.15, -0.1) is 0 Å². The second-order valence-corrected chi connectivity index (χ2v) is 3.86. The summed E-state index contributed by atoms with van der Waals surface area (Å²) < 4.78 is 5.60. The first-order valence-electron chi connectivity index (χ1n) is 6.43. The number of aromatic nitrogens is 2. The Morgan fingerprint density at radius 3 is 2.61 bits per heavy atom. The van der Waals surface area contributed by atoms with E-state index >= 15 is 0 Å². The minimum absolute atomic E-state index is 0.228. The van der Waals surface area contributed by atoms with E-state index in [2.05, 4.69) is 34.0 Å². The van der Waals surface area contributed by atoms with E-state index in [0.717, 1.165) is 26.2 Å². The lowest BCUT2D eigenvalue weighted by molar-refractivity contribution is 0.218. The second kappa shape index (κ2) is 7.71. The van der Waals surface area contributed by atoms with Crippen molar-refractivity contribution in [2.75, 3.05) is 43.8 Å². The number of hydrogen-bond acceptors (Lipinski definition) is 6. The van der Waals surface area contributed by atoms with Crippen LogP contribution in [-0.2, 0) is 0 Å². The molecule has 1 aromatic heterocycles. The van der Waals surface area contributed by atoms with Gasteiger partial charge in [-0.25, -0.2) is 0 Å². The molecule has 1 rings (SSSR count). The van der Waals surface area contributed by atoms with Gasteiger partial charge >= 0.3 is 0 Å². The van der Waals surface area contributed by atoms with Crippen molar-refractivity contribution in [1.29, 1.82) is 0 Å². The molecule has 0 saturated heterocycles. The van der Waals surface area contributed by atoms with Gasteiger partial charge in [0.1, 0.15) is 12.4 Å². The van der Waals surface area contributed by atoms with E-state index in [4.69, 9.17) is 10.5 Å². The molecule has 3 N–H and O–H groups in total. The Bertz CT molecular complexity index is 354. The smallest absolute Gasteiger partial charge is 0.225 e. The Labute approximate surface area is 109 Å². The molecule has 1 aromatic rings. The number of rotatable bonds is 8. The number of hydrogen-bond donors (Lipinski definition) is 2. The summed E-state index contributed by atoms with van der Waals surface area (Å²) in [4.78, 5) is 10.4. The molecule has 0 unspecified atom stereocenters. The molecule has 6 heteroatoms.